The van der Waals surface area contributed by atoms with E-state index in [4.69, 9.17) is 20.0 Å². The number of carbonyl (C=O) groups excluding carboxylic acids is 1. The first kappa shape index (κ1) is 16.1. The summed E-state index contributed by atoms with van der Waals surface area (Å²) >= 11 is 0. The van der Waals surface area contributed by atoms with E-state index < -0.39 is 5.97 Å². The molecule has 0 aromatic heterocycles. The van der Waals surface area contributed by atoms with Crippen LogP contribution in [0.4, 0.5) is 0 Å². The van der Waals surface area contributed by atoms with Crippen molar-refractivity contribution in [2.24, 2.45) is 0 Å². The number of benzene rings is 2. The standard InChI is InChI=1S/C18H14N2O3/c1-22-17-10-15(12-20)6-8-16(17)23-18(21)9-7-13-2-4-14(11-19)5-3-13/h2-6,8,10H,7,9H2,1H3. The van der Waals surface area contributed by atoms with Gasteiger partial charge in [0.2, 0.25) is 0 Å². The summed E-state index contributed by atoms with van der Waals surface area (Å²) < 4.78 is 10.4. The molecule has 0 spiro atoms. The van der Waals surface area contributed by atoms with Gasteiger partial charge in [-0.3, -0.25) is 4.79 Å². The van der Waals surface area contributed by atoms with Crippen LogP contribution in [0.15, 0.2) is 42.5 Å². The van der Waals surface area contributed by atoms with Crippen molar-refractivity contribution >= 4 is 5.97 Å². The van der Waals surface area contributed by atoms with Crippen molar-refractivity contribution in [1.29, 1.82) is 10.5 Å². The number of ether oxygens (including phenoxy) is 2. The summed E-state index contributed by atoms with van der Waals surface area (Å²) in [5.41, 5.74) is 1.96. The van der Waals surface area contributed by atoms with Crippen LogP contribution in [-0.4, -0.2) is 13.1 Å². The molecule has 0 radical (unpaired) electrons. The molecule has 5 heteroatoms. The van der Waals surface area contributed by atoms with E-state index in [1.807, 2.05) is 24.3 Å². The van der Waals surface area contributed by atoms with Crippen LogP contribution in [-0.2, 0) is 11.2 Å². The van der Waals surface area contributed by atoms with Crippen molar-refractivity contribution in [3.8, 4) is 23.6 Å². The van der Waals surface area contributed by atoms with E-state index in [0.717, 1.165) is 5.56 Å². The highest BCUT2D eigenvalue weighted by Gasteiger charge is 2.11. The van der Waals surface area contributed by atoms with Crippen LogP contribution in [0.5, 0.6) is 11.5 Å². The number of hydrogen-bond donors (Lipinski definition) is 0. The normalized spacial score (nSPS) is 9.52. The van der Waals surface area contributed by atoms with Gasteiger partial charge in [0.05, 0.1) is 30.4 Å². The Hall–Kier alpha value is -3.31. The Labute approximate surface area is 134 Å². The van der Waals surface area contributed by atoms with Crippen LogP contribution in [0.1, 0.15) is 23.1 Å². The molecule has 23 heavy (non-hydrogen) atoms. The SMILES string of the molecule is COc1cc(C#N)ccc1OC(=O)CCc1ccc(C#N)cc1. The first-order valence-corrected chi connectivity index (χ1v) is 6.94. The fourth-order valence-electron chi connectivity index (χ4n) is 1.99. The van der Waals surface area contributed by atoms with Crippen molar-refractivity contribution in [2.45, 2.75) is 12.8 Å². The summed E-state index contributed by atoms with van der Waals surface area (Å²) in [7, 11) is 1.45. The Morgan fingerprint density at radius 1 is 1.00 bits per heavy atom. The molecule has 0 N–H and O–H groups in total. The largest absolute Gasteiger partial charge is 0.493 e. The topological polar surface area (TPSA) is 83.1 Å². The molecule has 0 atom stereocenters. The summed E-state index contributed by atoms with van der Waals surface area (Å²) in [4.78, 5) is 11.9. The van der Waals surface area contributed by atoms with Crippen molar-refractivity contribution in [1.82, 2.24) is 0 Å². The molecule has 0 bridgehead atoms. The molecule has 0 fully saturated rings. The highest BCUT2D eigenvalue weighted by molar-refractivity contribution is 5.73. The monoisotopic (exact) mass is 306 g/mol. The van der Waals surface area contributed by atoms with E-state index in [9.17, 15) is 4.79 Å². The molecule has 0 aliphatic heterocycles. The maximum absolute atomic E-state index is 11.9. The zero-order chi connectivity index (χ0) is 16.7. The van der Waals surface area contributed by atoms with Gasteiger partial charge in [-0.2, -0.15) is 10.5 Å². The van der Waals surface area contributed by atoms with E-state index in [1.54, 1.807) is 18.2 Å². The van der Waals surface area contributed by atoms with Gasteiger partial charge in [-0.05, 0) is 36.2 Å². The Kier molecular flexibility index (Phi) is 5.33. The molecule has 0 aliphatic rings. The van der Waals surface area contributed by atoms with Gasteiger partial charge in [0, 0.05) is 12.5 Å². The summed E-state index contributed by atoms with van der Waals surface area (Å²) in [6.45, 7) is 0. The van der Waals surface area contributed by atoms with Crippen LogP contribution in [0.2, 0.25) is 0 Å². The molecule has 5 nitrogen and oxygen atoms in total. The van der Waals surface area contributed by atoms with Gasteiger partial charge in [0.1, 0.15) is 0 Å². The number of carbonyl (C=O) groups is 1. The fourth-order valence-corrected chi connectivity index (χ4v) is 1.99. The minimum Gasteiger partial charge on any atom is -0.493 e. The Morgan fingerprint density at radius 2 is 1.65 bits per heavy atom. The zero-order valence-corrected chi connectivity index (χ0v) is 12.6. The summed E-state index contributed by atoms with van der Waals surface area (Å²) in [6, 6.07) is 15.7. The molecule has 2 rings (SSSR count). The average Bonchev–Trinajstić information content (AvgIpc) is 2.60. The summed E-state index contributed by atoms with van der Waals surface area (Å²) in [5, 5.41) is 17.6. The molecule has 114 valence electrons. The predicted octanol–water partition coefficient (Wildman–Crippen LogP) is 2.98. The second-order valence-electron chi connectivity index (χ2n) is 4.76. The Morgan fingerprint density at radius 3 is 2.26 bits per heavy atom. The fraction of sp³-hybridized carbons (Fsp3) is 0.167. The Balaban J connectivity index is 1.97. The predicted molar refractivity (Wildman–Crippen MR) is 82.8 cm³/mol. The van der Waals surface area contributed by atoms with Gasteiger partial charge in [0.25, 0.3) is 0 Å². The van der Waals surface area contributed by atoms with Gasteiger partial charge in [0.15, 0.2) is 11.5 Å². The number of hydrogen-bond acceptors (Lipinski definition) is 5. The van der Waals surface area contributed by atoms with Crippen LogP contribution < -0.4 is 9.47 Å². The van der Waals surface area contributed by atoms with Gasteiger partial charge in [-0.15, -0.1) is 0 Å². The first-order valence-electron chi connectivity index (χ1n) is 6.94. The van der Waals surface area contributed by atoms with Crippen LogP contribution >= 0.6 is 0 Å². The molecule has 0 unspecified atom stereocenters. The Bertz CT molecular complexity index is 783. The summed E-state index contributed by atoms with van der Waals surface area (Å²) in [5.74, 6) is 0.240. The van der Waals surface area contributed by atoms with Crippen LogP contribution in [0.3, 0.4) is 0 Å². The molecular weight excluding hydrogens is 292 g/mol. The lowest BCUT2D eigenvalue weighted by molar-refractivity contribution is -0.134. The number of aryl methyl sites for hydroxylation is 1. The lowest BCUT2D eigenvalue weighted by Gasteiger charge is -2.09. The third kappa shape index (κ3) is 4.33. The second-order valence-corrected chi connectivity index (χ2v) is 4.76. The van der Waals surface area contributed by atoms with Gasteiger partial charge in [-0.25, -0.2) is 0 Å². The van der Waals surface area contributed by atoms with Crippen molar-refractivity contribution in [2.75, 3.05) is 7.11 Å². The maximum atomic E-state index is 11.9. The molecule has 0 aliphatic carbocycles. The summed E-state index contributed by atoms with van der Waals surface area (Å²) in [6.07, 6.45) is 0.720. The highest BCUT2D eigenvalue weighted by Crippen LogP contribution is 2.28. The molecule has 0 saturated carbocycles. The van der Waals surface area contributed by atoms with Crippen molar-refractivity contribution in [3.05, 3.63) is 59.2 Å². The first-order chi connectivity index (χ1) is 11.2. The number of methoxy groups -OCH3 is 1. The lowest BCUT2D eigenvalue weighted by atomic mass is 10.1. The second kappa shape index (κ2) is 7.63. The zero-order valence-electron chi connectivity index (χ0n) is 12.6. The number of rotatable bonds is 5. The highest BCUT2D eigenvalue weighted by atomic mass is 16.6. The van der Waals surface area contributed by atoms with Crippen molar-refractivity contribution in [3.63, 3.8) is 0 Å². The van der Waals surface area contributed by atoms with E-state index in [1.165, 1.54) is 19.2 Å². The van der Waals surface area contributed by atoms with E-state index in [0.29, 0.717) is 23.3 Å². The quantitative estimate of drug-likeness (QED) is 0.626. The van der Waals surface area contributed by atoms with Crippen LogP contribution in [0.25, 0.3) is 0 Å². The lowest BCUT2D eigenvalue weighted by Crippen LogP contribution is -2.10. The number of nitrogens with zero attached hydrogens (tertiary/aromatic N) is 2. The third-order valence-corrected chi connectivity index (χ3v) is 3.22. The average molecular weight is 306 g/mol. The smallest absolute Gasteiger partial charge is 0.311 e. The minimum atomic E-state index is -0.391. The molecule has 2 aromatic carbocycles. The van der Waals surface area contributed by atoms with Gasteiger partial charge in [-0.1, -0.05) is 12.1 Å². The van der Waals surface area contributed by atoms with Gasteiger partial charge < -0.3 is 9.47 Å². The molecule has 0 heterocycles. The molecule has 2 aromatic rings. The number of esters is 1. The minimum absolute atomic E-state index is 0.203. The third-order valence-electron chi connectivity index (χ3n) is 3.22. The van der Waals surface area contributed by atoms with E-state index >= 15 is 0 Å². The van der Waals surface area contributed by atoms with Crippen LogP contribution in [0, 0.1) is 22.7 Å². The van der Waals surface area contributed by atoms with Gasteiger partial charge >= 0.3 is 5.97 Å². The molecule has 0 amide bonds. The molecular formula is C18H14N2O3. The maximum Gasteiger partial charge on any atom is 0.311 e. The van der Waals surface area contributed by atoms with E-state index in [2.05, 4.69) is 0 Å². The van der Waals surface area contributed by atoms with Crippen molar-refractivity contribution < 1.29 is 14.3 Å². The molecule has 0 saturated heterocycles. The van der Waals surface area contributed by atoms with E-state index in [-0.39, 0.29) is 12.2 Å². The number of nitriles is 2.